The lowest BCUT2D eigenvalue weighted by Crippen LogP contribution is -2.31. The van der Waals surface area contributed by atoms with Crippen LogP contribution in [-0.2, 0) is 10.0 Å². The van der Waals surface area contributed by atoms with Gasteiger partial charge in [-0.3, -0.25) is 4.72 Å². The molecule has 2 aromatic rings. The second-order valence-electron chi connectivity index (χ2n) is 6.49. The second kappa shape index (κ2) is 10.6. The number of rotatable bonds is 10. The minimum Gasteiger partial charge on any atom is -0.375 e. The Morgan fingerprint density at radius 1 is 1.00 bits per heavy atom. The average Bonchev–Trinajstić information content (AvgIpc) is 2.67. The molecule has 8 heteroatoms. The maximum atomic E-state index is 12.0. The summed E-state index contributed by atoms with van der Waals surface area (Å²) in [6.45, 7) is 3.19. The zero-order chi connectivity index (χ0) is 20.4. The second-order valence-corrected chi connectivity index (χ2v) is 8.33. The molecule has 0 fully saturated rings. The monoisotopic (exact) mass is 404 g/mol. The largest absolute Gasteiger partial charge is 0.375 e. The van der Waals surface area contributed by atoms with Gasteiger partial charge in [0.15, 0.2) is 0 Å². The molecule has 0 aliphatic rings. The SMILES string of the molecule is CCCS(=O)(=O)Nc1ccc(NC(=O)NCCCN(C)c2ccccc2)cc1. The van der Waals surface area contributed by atoms with E-state index in [-0.39, 0.29) is 11.8 Å². The molecular weight excluding hydrogens is 376 g/mol. The number of para-hydroxylation sites is 1. The normalized spacial score (nSPS) is 10.9. The number of urea groups is 1. The number of nitrogens with zero attached hydrogens (tertiary/aromatic N) is 1. The van der Waals surface area contributed by atoms with E-state index in [1.165, 1.54) is 0 Å². The minimum atomic E-state index is -3.32. The van der Waals surface area contributed by atoms with Gasteiger partial charge >= 0.3 is 6.03 Å². The van der Waals surface area contributed by atoms with Gasteiger partial charge in [0.2, 0.25) is 10.0 Å². The molecule has 0 atom stereocenters. The number of amides is 2. The van der Waals surface area contributed by atoms with E-state index in [1.54, 1.807) is 24.3 Å². The van der Waals surface area contributed by atoms with Crippen LogP contribution in [0.5, 0.6) is 0 Å². The first-order chi connectivity index (χ1) is 13.4. The van der Waals surface area contributed by atoms with Crippen molar-refractivity contribution in [2.45, 2.75) is 19.8 Å². The van der Waals surface area contributed by atoms with E-state index in [0.717, 1.165) is 18.7 Å². The Hall–Kier alpha value is -2.74. The molecule has 0 aliphatic carbocycles. The van der Waals surface area contributed by atoms with Crippen LogP contribution in [0.4, 0.5) is 21.9 Å². The molecule has 0 unspecified atom stereocenters. The van der Waals surface area contributed by atoms with E-state index in [4.69, 9.17) is 0 Å². The Kier molecular flexibility index (Phi) is 8.13. The van der Waals surface area contributed by atoms with Crippen LogP contribution in [0.15, 0.2) is 54.6 Å². The number of benzene rings is 2. The lowest BCUT2D eigenvalue weighted by molar-refractivity contribution is 0.252. The molecule has 0 radical (unpaired) electrons. The van der Waals surface area contributed by atoms with E-state index in [0.29, 0.717) is 24.3 Å². The molecule has 0 bridgehead atoms. The van der Waals surface area contributed by atoms with Crippen molar-refractivity contribution in [1.29, 1.82) is 0 Å². The summed E-state index contributed by atoms with van der Waals surface area (Å²) in [6, 6.07) is 16.3. The third-order valence-corrected chi connectivity index (χ3v) is 5.53. The molecular formula is C20H28N4O3S. The first-order valence-electron chi connectivity index (χ1n) is 9.31. The summed E-state index contributed by atoms with van der Waals surface area (Å²) in [4.78, 5) is 14.1. The van der Waals surface area contributed by atoms with Crippen molar-refractivity contribution in [3.63, 3.8) is 0 Å². The molecule has 0 heterocycles. The topological polar surface area (TPSA) is 90.5 Å². The van der Waals surface area contributed by atoms with Gasteiger partial charge < -0.3 is 15.5 Å². The van der Waals surface area contributed by atoms with Crippen molar-refractivity contribution in [3.05, 3.63) is 54.6 Å². The maximum Gasteiger partial charge on any atom is 0.319 e. The Bertz CT molecular complexity index is 840. The molecule has 3 N–H and O–H groups in total. The summed E-state index contributed by atoms with van der Waals surface area (Å²) in [7, 11) is -1.30. The van der Waals surface area contributed by atoms with Gasteiger partial charge in [-0.2, -0.15) is 0 Å². The van der Waals surface area contributed by atoms with Crippen LogP contribution in [-0.4, -0.2) is 40.3 Å². The van der Waals surface area contributed by atoms with Crippen molar-refractivity contribution < 1.29 is 13.2 Å². The number of carbonyl (C=O) groups is 1. The Morgan fingerprint density at radius 3 is 2.29 bits per heavy atom. The van der Waals surface area contributed by atoms with Crippen LogP contribution < -0.4 is 20.3 Å². The van der Waals surface area contributed by atoms with Gasteiger partial charge in [0, 0.05) is 37.2 Å². The number of sulfonamides is 1. The molecule has 0 saturated carbocycles. The van der Waals surface area contributed by atoms with Crippen LogP contribution in [0.1, 0.15) is 19.8 Å². The Morgan fingerprint density at radius 2 is 1.64 bits per heavy atom. The van der Waals surface area contributed by atoms with E-state index in [2.05, 4.69) is 20.3 Å². The standard InChI is InChI=1S/C20H28N4O3S/c1-3-16-28(26,27)23-18-12-10-17(11-13-18)22-20(25)21-14-7-15-24(2)19-8-5-4-6-9-19/h4-6,8-13,23H,3,7,14-16H2,1-2H3,(H2,21,22,25). The summed E-state index contributed by atoms with van der Waals surface area (Å²) in [5, 5.41) is 5.56. The number of nitrogens with one attached hydrogen (secondary N) is 3. The number of anilines is 3. The van der Waals surface area contributed by atoms with Crippen LogP contribution >= 0.6 is 0 Å². The third-order valence-electron chi connectivity index (χ3n) is 4.04. The summed E-state index contributed by atoms with van der Waals surface area (Å²) < 4.78 is 26.0. The third kappa shape index (κ3) is 7.48. The molecule has 2 aromatic carbocycles. The molecule has 2 rings (SSSR count). The van der Waals surface area contributed by atoms with Gasteiger partial charge in [-0.1, -0.05) is 25.1 Å². The number of hydrogen-bond donors (Lipinski definition) is 3. The quantitative estimate of drug-likeness (QED) is 0.529. The Balaban J connectivity index is 1.71. The highest BCUT2D eigenvalue weighted by Gasteiger charge is 2.09. The maximum absolute atomic E-state index is 12.0. The molecule has 0 aromatic heterocycles. The van der Waals surface area contributed by atoms with Crippen LogP contribution in [0.3, 0.4) is 0 Å². The van der Waals surface area contributed by atoms with Crippen molar-refractivity contribution in [1.82, 2.24) is 5.32 Å². The highest BCUT2D eigenvalue weighted by atomic mass is 32.2. The van der Waals surface area contributed by atoms with Crippen molar-refractivity contribution >= 4 is 33.1 Å². The molecule has 0 saturated heterocycles. The lowest BCUT2D eigenvalue weighted by atomic mass is 10.3. The Labute approximate surface area is 167 Å². The van der Waals surface area contributed by atoms with E-state index in [9.17, 15) is 13.2 Å². The van der Waals surface area contributed by atoms with Crippen LogP contribution in [0, 0.1) is 0 Å². The smallest absolute Gasteiger partial charge is 0.319 e. The van der Waals surface area contributed by atoms with E-state index < -0.39 is 10.0 Å². The molecule has 0 aliphatic heterocycles. The highest BCUT2D eigenvalue weighted by Crippen LogP contribution is 2.15. The lowest BCUT2D eigenvalue weighted by Gasteiger charge is -2.19. The fraction of sp³-hybridized carbons (Fsp3) is 0.350. The van der Waals surface area contributed by atoms with Gasteiger partial charge in [0.05, 0.1) is 5.75 Å². The summed E-state index contributed by atoms with van der Waals surface area (Å²) in [6.07, 6.45) is 1.37. The van der Waals surface area contributed by atoms with Crippen LogP contribution in [0.25, 0.3) is 0 Å². The molecule has 0 spiro atoms. The first-order valence-corrected chi connectivity index (χ1v) is 11.0. The van der Waals surface area contributed by atoms with Gasteiger partial charge in [-0.15, -0.1) is 0 Å². The van der Waals surface area contributed by atoms with Crippen LogP contribution in [0.2, 0.25) is 0 Å². The first kappa shape index (κ1) is 21.6. The fourth-order valence-electron chi connectivity index (χ4n) is 2.63. The predicted octanol–water partition coefficient (Wildman–Crippen LogP) is 3.49. The molecule has 152 valence electrons. The van der Waals surface area contributed by atoms with E-state index in [1.807, 2.05) is 44.3 Å². The van der Waals surface area contributed by atoms with Gasteiger partial charge in [0.1, 0.15) is 0 Å². The van der Waals surface area contributed by atoms with E-state index >= 15 is 0 Å². The van der Waals surface area contributed by atoms with Gasteiger partial charge in [-0.25, -0.2) is 13.2 Å². The number of carbonyl (C=O) groups excluding carboxylic acids is 1. The van der Waals surface area contributed by atoms with Gasteiger partial charge in [0.25, 0.3) is 0 Å². The molecule has 28 heavy (non-hydrogen) atoms. The zero-order valence-corrected chi connectivity index (χ0v) is 17.1. The molecule has 7 nitrogen and oxygen atoms in total. The zero-order valence-electron chi connectivity index (χ0n) is 16.3. The highest BCUT2D eigenvalue weighted by molar-refractivity contribution is 7.92. The predicted molar refractivity (Wildman–Crippen MR) is 115 cm³/mol. The van der Waals surface area contributed by atoms with Crippen molar-refractivity contribution in [2.24, 2.45) is 0 Å². The minimum absolute atomic E-state index is 0.0782. The average molecular weight is 405 g/mol. The fourth-order valence-corrected chi connectivity index (χ4v) is 3.76. The van der Waals surface area contributed by atoms with Crippen molar-refractivity contribution in [3.8, 4) is 0 Å². The van der Waals surface area contributed by atoms with Gasteiger partial charge in [-0.05, 0) is 49.2 Å². The van der Waals surface area contributed by atoms with Crippen molar-refractivity contribution in [2.75, 3.05) is 40.8 Å². The summed E-state index contributed by atoms with van der Waals surface area (Å²) in [5.74, 6) is 0.0782. The summed E-state index contributed by atoms with van der Waals surface area (Å²) in [5.41, 5.74) is 2.21. The molecule has 2 amide bonds. The number of hydrogen-bond acceptors (Lipinski definition) is 4. The summed E-state index contributed by atoms with van der Waals surface area (Å²) >= 11 is 0.